The molecule has 0 spiro atoms. The molecule has 2 aliphatic carbocycles. The van der Waals surface area contributed by atoms with Gasteiger partial charge in [-0.05, 0) is 81.5 Å². The number of hydrogen-bond acceptors (Lipinski definition) is 0. The zero-order valence-electron chi connectivity index (χ0n) is 15.4. The molecular weight excluding hydrogens is 276 g/mol. The van der Waals surface area contributed by atoms with E-state index in [0.29, 0.717) is 5.41 Å². The zero-order valence-corrected chi connectivity index (χ0v) is 15.4. The lowest BCUT2D eigenvalue weighted by molar-refractivity contribution is 0.0994. The number of unbranched alkanes of at least 4 members (excludes halogenated alkanes) is 2. The van der Waals surface area contributed by atoms with Crippen LogP contribution in [0.2, 0.25) is 0 Å². The predicted molar refractivity (Wildman–Crippen MR) is 104 cm³/mol. The highest BCUT2D eigenvalue weighted by molar-refractivity contribution is 5.06. The van der Waals surface area contributed by atoms with Gasteiger partial charge in [-0.1, -0.05) is 56.6 Å². The Kier molecular flexibility index (Phi) is 8.20. The first kappa shape index (κ1) is 18.6. The Balaban J connectivity index is 1.85. The largest absolute Gasteiger partial charge is 0.103 e. The van der Waals surface area contributed by atoms with Crippen molar-refractivity contribution in [1.29, 1.82) is 0 Å². The molecule has 23 heavy (non-hydrogen) atoms. The third-order valence-electron chi connectivity index (χ3n) is 6.28. The van der Waals surface area contributed by atoms with Gasteiger partial charge >= 0.3 is 0 Å². The molecule has 0 saturated heterocycles. The molecule has 2 rings (SSSR count). The van der Waals surface area contributed by atoms with E-state index in [1.165, 1.54) is 70.6 Å². The second kappa shape index (κ2) is 10.2. The summed E-state index contributed by atoms with van der Waals surface area (Å²) in [6.07, 6.45) is 29.7. The maximum Gasteiger partial charge on any atom is -0.00898 e. The third kappa shape index (κ3) is 5.98. The summed E-state index contributed by atoms with van der Waals surface area (Å²) in [7, 11) is 0. The molecule has 0 bridgehead atoms. The van der Waals surface area contributed by atoms with Crippen LogP contribution in [0.25, 0.3) is 0 Å². The fourth-order valence-corrected chi connectivity index (χ4v) is 4.65. The van der Waals surface area contributed by atoms with E-state index < -0.39 is 0 Å². The molecule has 0 aromatic rings. The Bertz CT molecular complexity index is 373. The molecule has 0 N–H and O–H groups in total. The monoisotopic (exact) mass is 314 g/mol. The Morgan fingerprint density at radius 1 is 0.826 bits per heavy atom. The van der Waals surface area contributed by atoms with Crippen molar-refractivity contribution in [2.24, 2.45) is 17.3 Å². The molecular formula is C23H38. The molecule has 2 saturated carbocycles. The Hall–Kier alpha value is -0.780. The summed E-state index contributed by atoms with van der Waals surface area (Å²) in [5, 5.41) is 0. The average Bonchev–Trinajstić information content (AvgIpc) is 2.60. The minimum atomic E-state index is 0.555. The van der Waals surface area contributed by atoms with Crippen LogP contribution in [-0.4, -0.2) is 0 Å². The van der Waals surface area contributed by atoms with Crippen molar-refractivity contribution in [2.45, 2.75) is 90.4 Å². The molecule has 0 aromatic heterocycles. The Morgan fingerprint density at radius 3 is 2.09 bits per heavy atom. The second-order valence-electron chi connectivity index (χ2n) is 8.07. The standard InChI is InChI=1S/C23H38/c1-3-4-5-6-7-8-9-13-18-23(19-16-21(2)17-20-23)22-14-11-10-12-15-22/h3,6-7,13,18,21-22H,1,4-5,8-12,14-17,19-20H2,2H3. The molecule has 0 amide bonds. The fraction of sp³-hybridized carbons (Fsp3) is 0.739. The first-order valence-electron chi connectivity index (χ1n) is 10.2. The minimum absolute atomic E-state index is 0.555. The molecule has 0 aliphatic heterocycles. The van der Waals surface area contributed by atoms with Gasteiger partial charge in [0.25, 0.3) is 0 Å². The zero-order chi connectivity index (χ0) is 16.4. The summed E-state index contributed by atoms with van der Waals surface area (Å²) in [5.74, 6) is 1.93. The van der Waals surface area contributed by atoms with Crippen LogP contribution in [0.3, 0.4) is 0 Å². The van der Waals surface area contributed by atoms with E-state index in [4.69, 9.17) is 0 Å². The molecule has 0 nitrogen and oxygen atoms in total. The maximum absolute atomic E-state index is 3.77. The van der Waals surface area contributed by atoms with Gasteiger partial charge in [-0.25, -0.2) is 0 Å². The van der Waals surface area contributed by atoms with Crippen molar-refractivity contribution in [3.63, 3.8) is 0 Å². The predicted octanol–water partition coefficient (Wildman–Crippen LogP) is 7.62. The molecule has 2 fully saturated rings. The van der Waals surface area contributed by atoms with Gasteiger partial charge in [0.05, 0.1) is 0 Å². The molecule has 2 aliphatic rings. The fourth-order valence-electron chi connectivity index (χ4n) is 4.65. The van der Waals surface area contributed by atoms with E-state index in [-0.39, 0.29) is 0 Å². The highest BCUT2D eigenvalue weighted by atomic mass is 14.4. The SMILES string of the molecule is C=CCCC=CCCC=CC1(C2CCCCC2)CCC(C)CC1. The first-order valence-corrected chi connectivity index (χ1v) is 10.2. The quantitative estimate of drug-likeness (QED) is 0.319. The first-order chi connectivity index (χ1) is 11.3. The van der Waals surface area contributed by atoms with E-state index in [0.717, 1.165) is 24.7 Å². The van der Waals surface area contributed by atoms with E-state index in [9.17, 15) is 0 Å². The number of allylic oxidation sites excluding steroid dienone is 5. The van der Waals surface area contributed by atoms with Crippen molar-refractivity contribution in [2.75, 3.05) is 0 Å². The molecule has 0 heterocycles. The van der Waals surface area contributed by atoms with Crippen LogP contribution in [0, 0.1) is 17.3 Å². The average molecular weight is 315 g/mol. The minimum Gasteiger partial charge on any atom is -0.103 e. The van der Waals surface area contributed by atoms with E-state index in [2.05, 4.69) is 37.8 Å². The highest BCUT2D eigenvalue weighted by Crippen LogP contribution is 2.50. The van der Waals surface area contributed by atoms with Crippen LogP contribution in [0.5, 0.6) is 0 Å². The van der Waals surface area contributed by atoms with Crippen LogP contribution >= 0.6 is 0 Å². The van der Waals surface area contributed by atoms with Crippen LogP contribution in [-0.2, 0) is 0 Å². The van der Waals surface area contributed by atoms with Gasteiger partial charge in [-0.2, -0.15) is 0 Å². The van der Waals surface area contributed by atoms with Gasteiger partial charge in [0.2, 0.25) is 0 Å². The molecule has 0 atom stereocenters. The smallest absolute Gasteiger partial charge is 0.00898 e. The normalized spacial score (nSPS) is 30.2. The van der Waals surface area contributed by atoms with Gasteiger partial charge in [0.15, 0.2) is 0 Å². The molecule has 130 valence electrons. The van der Waals surface area contributed by atoms with E-state index in [1.807, 2.05) is 6.08 Å². The number of hydrogen-bond donors (Lipinski definition) is 0. The summed E-state index contributed by atoms with van der Waals surface area (Å²) in [6, 6.07) is 0. The van der Waals surface area contributed by atoms with Gasteiger partial charge in [0, 0.05) is 0 Å². The summed E-state index contributed by atoms with van der Waals surface area (Å²) in [6.45, 7) is 6.22. The van der Waals surface area contributed by atoms with E-state index >= 15 is 0 Å². The van der Waals surface area contributed by atoms with Gasteiger partial charge in [0.1, 0.15) is 0 Å². The third-order valence-corrected chi connectivity index (χ3v) is 6.28. The summed E-state index contributed by atoms with van der Waals surface area (Å²) in [4.78, 5) is 0. The highest BCUT2D eigenvalue weighted by Gasteiger charge is 2.39. The van der Waals surface area contributed by atoms with Crippen LogP contribution in [0.4, 0.5) is 0 Å². The number of rotatable bonds is 8. The molecule has 0 aromatic carbocycles. The van der Waals surface area contributed by atoms with Crippen molar-refractivity contribution in [3.05, 3.63) is 37.0 Å². The molecule has 0 heteroatoms. The molecule has 0 radical (unpaired) electrons. The van der Waals surface area contributed by atoms with Gasteiger partial charge < -0.3 is 0 Å². The maximum atomic E-state index is 3.77. The van der Waals surface area contributed by atoms with Crippen molar-refractivity contribution in [1.82, 2.24) is 0 Å². The van der Waals surface area contributed by atoms with Crippen molar-refractivity contribution in [3.8, 4) is 0 Å². The summed E-state index contributed by atoms with van der Waals surface area (Å²) < 4.78 is 0. The van der Waals surface area contributed by atoms with Crippen LogP contribution in [0.15, 0.2) is 37.0 Å². The van der Waals surface area contributed by atoms with E-state index in [1.54, 1.807) is 0 Å². The lowest BCUT2D eigenvalue weighted by atomic mass is 9.60. The Morgan fingerprint density at radius 2 is 1.43 bits per heavy atom. The lowest BCUT2D eigenvalue weighted by Gasteiger charge is -2.45. The van der Waals surface area contributed by atoms with Gasteiger partial charge in [-0.15, -0.1) is 6.58 Å². The second-order valence-corrected chi connectivity index (χ2v) is 8.07. The molecule has 0 unspecified atom stereocenters. The van der Waals surface area contributed by atoms with Crippen molar-refractivity contribution >= 4 is 0 Å². The van der Waals surface area contributed by atoms with Crippen LogP contribution < -0.4 is 0 Å². The van der Waals surface area contributed by atoms with Gasteiger partial charge in [-0.3, -0.25) is 0 Å². The summed E-state index contributed by atoms with van der Waals surface area (Å²) >= 11 is 0. The van der Waals surface area contributed by atoms with Crippen LogP contribution in [0.1, 0.15) is 90.4 Å². The van der Waals surface area contributed by atoms with Crippen molar-refractivity contribution < 1.29 is 0 Å². The summed E-state index contributed by atoms with van der Waals surface area (Å²) in [5.41, 5.74) is 0.555. The lowest BCUT2D eigenvalue weighted by Crippen LogP contribution is -2.34. The topological polar surface area (TPSA) is 0 Å². The Labute approximate surface area is 145 Å².